The molecule has 0 amide bonds. The lowest BCUT2D eigenvalue weighted by molar-refractivity contribution is 0.254. The van der Waals surface area contributed by atoms with Gasteiger partial charge in [-0.25, -0.2) is 0 Å². The second-order valence-corrected chi connectivity index (χ2v) is 4.51. The predicted molar refractivity (Wildman–Crippen MR) is 61.6 cm³/mol. The van der Waals surface area contributed by atoms with Crippen LogP contribution in [0.3, 0.4) is 0 Å². The van der Waals surface area contributed by atoms with Gasteiger partial charge in [0.15, 0.2) is 0 Å². The van der Waals surface area contributed by atoms with E-state index in [4.69, 9.17) is 5.26 Å². The van der Waals surface area contributed by atoms with Crippen LogP contribution in [0.5, 0.6) is 0 Å². The summed E-state index contributed by atoms with van der Waals surface area (Å²) < 4.78 is 1.94. The second kappa shape index (κ2) is 4.67. The minimum atomic E-state index is 0.618. The van der Waals surface area contributed by atoms with Gasteiger partial charge in [0.2, 0.25) is 0 Å². The number of aromatic nitrogens is 2. The molecule has 0 aromatic carbocycles. The molecule has 0 radical (unpaired) electrons. The second-order valence-electron chi connectivity index (χ2n) is 4.51. The molecule has 4 nitrogen and oxygen atoms in total. The van der Waals surface area contributed by atoms with Crippen LogP contribution >= 0.6 is 0 Å². The van der Waals surface area contributed by atoms with Crippen molar-refractivity contribution in [2.45, 2.75) is 38.8 Å². The summed E-state index contributed by atoms with van der Waals surface area (Å²) in [4.78, 5) is 2.40. The molecule has 2 rings (SSSR count). The number of rotatable bonds is 5. The fraction of sp³-hybridized carbons (Fsp3) is 0.667. The normalized spacial score (nSPS) is 15.4. The first-order valence-electron chi connectivity index (χ1n) is 5.81. The largest absolute Gasteiger partial charge is 0.294 e. The molecule has 0 atom stereocenters. The van der Waals surface area contributed by atoms with Crippen molar-refractivity contribution in [3.05, 3.63) is 17.5 Å². The van der Waals surface area contributed by atoms with Gasteiger partial charge < -0.3 is 0 Å². The van der Waals surface area contributed by atoms with E-state index >= 15 is 0 Å². The summed E-state index contributed by atoms with van der Waals surface area (Å²) in [6, 6.07) is 5.05. The van der Waals surface area contributed by atoms with Crippen molar-refractivity contribution in [1.82, 2.24) is 14.7 Å². The van der Waals surface area contributed by atoms with Crippen LogP contribution in [0, 0.1) is 18.3 Å². The zero-order chi connectivity index (χ0) is 11.5. The number of nitrogens with zero attached hydrogens (tertiary/aromatic N) is 4. The summed E-state index contributed by atoms with van der Waals surface area (Å²) in [5, 5.41) is 13.0. The Morgan fingerprint density at radius 2 is 2.38 bits per heavy atom. The van der Waals surface area contributed by atoms with Gasteiger partial charge in [-0.05, 0) is 25.8 Å². The topological polar surface area (TPSA) is 44.9 Å². The maximum Gasteiger partial charge on any atom is 0.0635 e. The molecule has 0 saturated heterocycles. The molecule has 1 aliphatic carbocycles. The molecule has 4 heteroatoms. The molecule has 0 N–H and O–H groups in total. The molecule has 1 aromatic rings. The summed E-state index contributed by atoms with van der Waals surface area (Å²) >= 11 is 0. The Morgan fingerprint density at radius 1 is 1.62 bits per heavy atom. The smallest absolute Gasteiger partial charge is 0.0635 e. The molecular formula is C12H18N4. The maximum atomic E-state index is 8.65. The SMILES string of the molecule is Cc1cc(CN(CCC#N)C2CC2)n(C)n1. The van der Waals surface area contributed by atoms with Crippen LogP contribution in [0.4, 0.5) is 0 Å². The molecule has 0 spiro atoms. The van der Waals surface area contributed by atoms with Crippen molar-refractivity contribution < 1.29 is 0 Å². The van der Waals surface area contributed by atoms with Gasteiger partial charge in [0.1, 0.15) is 0 Å². The Labute approximate surface area is 96.5 Å². The Bertz CT molecular complexity index is 398. The van der Waals surface area contributed by atoms with E-state index in [-0.39, 0.29) is 0 Å². The van der Waals surface area contributed by atoms with Gasteiger partial charge in [-0.1, -0.05) is 0 Å². The monoisotopic (exact) mass is 218 g/mol. The van der Waals surface area contributed by atoms with E-state index in [1.165, 1.54) is 18.5 Å². The third kappa shape index (κ3) is 2.61. The highest BCUT2D eigenvalue weighted by Gasteiger charge is 2.29. The molecule has 0 aliphatic heterocycles. The highest BCUT2D eigenvalue weighted by molar-refractivity contribution is 5.09. The lowest BCUT2D eigenvalue weighted by Gasteiger charge is -2.20. The standard InChI is InChI=1S/C12H18N4/c1-10-8-12(15(2)14-10)9-16(7-3-6-13)11-4-5-11/h8,11H,3-5,7,9H2,1-2H3. The highest BCUT2D eigenvalue weighted by atomic mass is 15.3. The lowest BCUT2D eigenvalue weighted by atomic mass is 10.3. The van der Waals surface area contributed by atoms with Gasteiger partial charge in [-0.3, -0.25) is 9.58 Å². The Morgan fingerprint density at radius 3 is 2.88 bits per heavy atom. The fourth-order valence-electron chi connectivity index (χ4n) is 2.04. The van der Waals surface area contributed by atoms with Crippen LogP contribution in [-0.4, -0.2) is 27.3 Å². The van der Waals surface area contributed by atoms with Gasteiger partial charge in [-0.15, -0.1) is 0 Å². The van der Waals surface area contributed by atoms with Crippen molar-refractivity contribution in [3.8, 4) is 6.07 Å². The molecule has 1 fully saturated rings. The van der Waals surface area contributed by atoms with Crippen molar-refractivity contribution >= 4 is 0 Å². The van der Waals surface area contributed by atoms with Crippen LogP contribution in [0.25, 0.3) is 0 Å². The number of hydrogen-bond acceptors (Lipinski definition) is 3. The average molecular weight is 218 g/mol. The fourth-order valence-corrected chi connectivity index (χ4v) is 2.04. The van der Waals surface area contributed by atoms with Crippen molar-refractivity contribution in [2.75, 3.05) is 6.54 Å². The molecule has 1 aromatic heterocycles. The van der Waals surface area contributed by atoms with E-state index in [9.17, 15) is 0 Å². The van der Waals surface area contributed by atoms with Gasteiger partial charge in [0, 0.05) is 32.6 Å². The highest BCUT2D eigenvalue weighted by Crippen LogP contribution is 2.28. The number of aryl methyl sites for hydroxylation is 2. The van der Waals surface area contributed by atoms with E-state index in [1.54, 1.807) is 0 Å². The van der Waals surface area contributed by atoms with Crippen LogP contribution in [0.1, 0.15) is 30.7 Å². The van der Waals surface area contributed by atoms with Crippen molar-refractivity contribution in [3.63, 3.8) is 0 Å². The molecular weight excluding hydrogens is 200 g/mol. The molecule has 1 aliphatic rings. The van der Waals surface area contributed by atoms with Gasteiger partial charge in [0.25, 0.3) is 0 Å². The maximum absolute atomic E-state index is 8.65. The van der Waals surface area contributed by atoms with Gasteiger partial charge in [0.05, 0.1) is 17.5 Å². The molecule has 0 bridgehead atoms. The van der Waals surface area contributed by atoms with E-state index in [0.717, 1.165) is 18.8 Å². The van der Waals surface area contributed by atoms with Crippen molar-refractivity contribution in [1.29, 1.82) is 5.26 Å². The minimum Gasteiger partial charge on any atom is -0.294 e. The van der Waals surface area contributed by atoms with Crippen LogP contribution < -0.4 is 0 Å². The van der Waals surface area contributed by atoms with Crippen molar-refractivity contribution in [2.24, 2.45) is 7.05 Å². The van der Waals surface area contributed by atoms with E-state index in [1.807, 2.05) is 18.7 Å². The quantitative estimate of drug-likeness (QED) is 0.754. The Kier molecular flexibility index (Phi) is 3.25. The Hall–Kier alpha value is -1.34. The zero-order valence-electron chi connectivity index (χ0n) is 9.98. The summed E-state index contributed by atoms with van der Waals surface area (Å²) in [7, 11) is 1.98. The number of nitriles is 1. The predicted octanol–water partition coefficient (Wildman–Crippen LogP) is 1.61. The van der Waals surface area contributed by atoms with E-state index in [2.05, 4.69) is 22.1 Å². The first kappa shape index (κ1) is 11.2. The molecule has 1 heterocycles. The molecule has 16 heavy (non-hydrogen) atoms. The van der Waals surface area contributed by atoms with Crippen LogP contribution in [-0.2, 0) is 13.6 Å². The zero-order valence-corrected chi connectivity index (χ0v) is 9.98. The van der Waals surface area contributed by atoms with E-state index in [0.29, 0.717) is 12.5 Å². The summed E-state index contributed by atoms with van der Waals surface area (Å²) in [5.74, 6) is 0. The van der Waals surface area contributed by atoms with E-state index < -0.39 is 0 Å². The molecule has 0 unspecified atom stereocenters. The summed E-state index contributed by atoms with van der Waals surface area (Å²) in [5.41, 5.74) is 2.30. The van der Waals surface area contributed by atoms with Crippen LogP contribution in [0.15, 0.2) is 6.07 Å². The first-order chi connectivity index (χ1) is 7.70. The lowest BCUT2D eigenvalue weighted by Crippen LogP contribution is -2.27. The minimum absolute atomic E-state index is 0.618. The summed E-state index contributed by atoms with van der Waals surface area (Å²) in [6.07, 6.45) is 3.18. The van der Waals surface area contributed by atoms with Gasteiger partial charge in [-0.2, -0.15) is 10.4 Å². The van der Waals surface area contributed by atoms with Crippen LogP contribution in [0.2, 0.25) is 0 Å². The third-order valence-electron chi connectivity index (χ3n) is 3.04. The van der Waals surface area contributed by atoms with Gasteiger partial charge >= 0.3 is 0 Å². The summed E-state index contributed by atoms with van der Waals surface area (Å²) in [6.45, 7) is 3.81. The molecule has 1 saturated carbocycles. The average Bonchev–Trinajstić information content (AvgIpc) is 3.01. The molecule has 86 valence electrons. The number of hydrogen-bond donors (Lipinski definition) is 0. The Balaban J connectivity index is 1.99. The third-order valence-corrected chi connectivity index (χ3v) is 3.04. The first-order valence-corrected chi connectivity index (χ1v) is 5.81.